The number of hydrogen-bond donors (Lipinski definition) is 2. The van der Waals surface area contributed by atoms with Crippen LogP contribution in [-0.4, -0.2) is 41.8 Å². The van der Waals surface area contributed by atoms with Crippen LogP contribution >= 0.6 is 15.9 Å². The second-order valence-corrected chi connectivity index (χ2v) is 8.84. The third kappa shape index (κ3) is 5.17. The van der Waals surface area contributed by atoms with Gasteiger partial charge in [-0.2, -0.15) is 0 Å². The molecule has 1 aromatic rings. The molecule has 2 unspecified atom stereocenters. The SMILES string of the molecule is CC(CCNS(=O)(=O)c1cc(C(=O)O)ccc1Br)S(C)=O. The van der Waals surface area contributed by atoms with Crippen molar-refractivity contribution in [3.63, 3.8) is 0 Å². The van der Waals surface area contributed by atoms with Crippen LogP contribution in [0.1, 0.15) is 23.7 Å². The molecule has 0 saturated heterocycles. The van der Waals surface area contributed by atoms with E-state index >= 15 is 0 Å². The van der Waals surface area contributed by atoms with Gasteiger partial charge in [-0.15, -0.1) is 0 Å². The molecule has 21 heavy (non-hydrogen) atoms. The molecule has 1 rings (SSSR count). The Hall–Kier alpha value is -0.770. The first-order valence-electron chi connectivity index (χ1n) is 6.00. The van der Waals surface area contributed by atoms with Gasteiger partial charge in [0, 0.05) is 33.3 Å². The number of carboxylic acids is 1. The van der Waals surface area contributed by atoms with E-state index in [1.54, 1.807) is 13.2 Å². The molecule has 0 heterocycles. The number of aromatic carboxylic acids is 1. The summed E-state index contributed by atoms with van der Waals surface area (Å²) in [5.41, 5.74) is -0.110. The van der Waals surface area contributed by atoms with E-state index < -0.39 is 26.8 Å². The molecule has 0 aliphatic heterocycles. The van der Waals surface area contributed by atoms with Crippen molar-refractivity contribution >= 4 is 42.7 Å². The van der Waals surface area contributed by atoms with Crippen molar-refractivity contribution in [3.05, 3.63) is 28.2 Å². The van der Waals surface area contributed by atoms with Gasteiger partial charge >= 0.3 is 5.97 Å². The largest absolute Gasteiger partial charge is 0.478 e. The lowest BCUT2D eigenvalue weighted by Crippen LogP contribution is -2.28. The van der Waals surface area contributed by atoms with Crippen molar-refractivity contribution in [1.82, 2.24) is 4.72 Å². The van der Waals surface area contributed by atoms with Crippen molar-refractivity contribution in [2.45, 2.75) is 23.5 Å². The molecule has 0 bridgehead atoms. The Labute approximate surface area is 134 Å². The van der Waals surface area contributed by atoms with Gasteiger partial charge in [0.05, 0.1) is 10.5 Å². The van der Waals surface area contributed by atoms with E-state index in [4.69, 9.17) is 5.11 Å². The lowest BCUT2D eigenvalue weighted by atomic mass is 10.2. The van der Waals surface area contributed by atoms with Gasteiger partial charge in [0.15, 0.2) is 0 Å². The van der Waals surface area contributed by atoms with Crippen LogP contribution in [-0.2, 0) is 20.8 Å². The average Bonchev–Trinajstić information content (AvgIpc) is 2.38. The minimum atomic E-state index is -3.83. The predicted octanol–water partition coefficient (Wildman–Crippen LogP) is 1.58. The third-order valence-electron chi connectivity index (χ3n) is 2.88. The van der Waals surface area contributed by atoms with Gasteiger partial charge in [-0.25, -0.2) is 17.9 Å². The van der Waals surface area contributed by atoms with Gasteiger partial charge in [0.1, 0.15) is 0 Å². The number of carboxylic acid groups (broad SMARTS) is 1. The molecule has 0 aromatic heterocycles. The quantitative estimate of drug-likeness (QED) is 0.727. The summed E-state index contributed by atoms with van der Waals surface area (Å²) >= 11 is 3.10. The molecule has 1 aromatic carbocycles. The van der Waals surface area contributed by atoms with E-state index in [1.165, 1.54) is 12.1 Å². The van der Waals surface area contributed by atoms with Gasteiger partial charge in [-0.3, -0.25) is 4.21 Å². The number of sulfonamides is 1. The van der Waals surface area contributed by atoms with Crippen molar-refractivity contribution in [2.75, 3.05) is 12.8 Å². The molecular formula is C12H16BrNO5S2. The Balaban J connectivity index is 2.90. The van der Waals surface area contributed by atoms with Crippen LogP contribution in [0.5, 0.6) is 0 Å². The molecule has 0 aliphatic carbocycles. The summed E-state index contributed by atoms with van der Waals surface area (Å²) in [4.78, 5) is 10.8. The molecule has 118 valence electrons. The number of hydrogen-bond acceptors (Lipinski definition) is 4. The van der Waals surface area contributed by atoms with Crippen LogP contribution in [0.2, 0.25) is 0 Å². The molecule has 0 spiro atoms. The highest BCUT2D eigenvalue weighted by Crippen LogP contribution is 2.23. The highest BCUT2D eigenvalue weighted by Gasteiger charge is 2.20. The lowest BCUT2D eigenvalue weighted by molar-refractivity contribution is 0.0696. The monoisotopic (exact) mass is 397 g/mol. The molecule has 0 aliphatic rings. The normalized spacial score (nSPS) is 14.6. The van der Waals surface area contributed by atoms with Crippen molar-refractivity contribution in [2.24, 2.45) is 0 Å². The van der Waals surface area contributed by atoms with Crippen LogP contribution in [0, 0.1) is 0 Å². The Morgan fingerprint density at radius 2 is 2.10 bits per heavy atom. The lowest BCUT2D eigenvalue weighted by Gasteiger charge is -2.11. The standard InChI is InChI=1S/C12H16BrNO5S2/c1-8(20(2)17)5-6-14-21(18,19)11-7-9(12(15)16)3-4-10(11)13/h3-4,7-8,14H,5-6H2,1-2H3,(H,15,16). The Kier molecular flexibility index (Phi) is 6.51. The molecule has 0 fully saturated rings. The van der Waals surface area contributed by atoms with Gasteiger partial charge in [0.25, 0.3) is 0 Å². The fraction of sp³-hybridized carbons (Fsp3) is 0.417. The van der Waals surface area contributed by atoms with E-state index in [9.17, 15) is 17.4 Å². The molecule has 2 atom stereocenters. The second kappa shape index (κ2) is 7.48. The highest BCUT2D eigenvalue weighted by molar-refractivity contribution is 9.10. The van der Waals surface area contributed by atoms with Crippen molar-refractivity contribution < 1.29 is 22.5 Å². The van der Waals surface area contributed by atoms with Gasteiger partial charge in [-0.1, -0.05) is 6.92 Å². The summed E-state index contributed by atoms with van der Waals surface area (Å²) in [7, 11) is -4.85. The summed E-state index contributed by atoms with van der Waals surface area (Å²) in [6.45, 7) is 1.90. The van der Waals surface area contributed by atoms with Crippen molar-refractivity contribution in [1.29, 1.82) is 0 Å². The van der Waals surface area contributed by atoms with Crippen LogP contribution in [0.25, 0.3) is 0 Å². The van der Waals surface area contributed by atoms with E-state index in [1.807, 2.05) is 0 Å². The topological polar surface area (TPSA) is 101 Å². The van der Waals surface area contributed by atoms with E-state index in [-0.39, 0.29) is 26.7 Å². The Morgan fingerprint density at radius 1 is 1.48 bits per heavy atom. The molecule has 9 heteroatoms. The summed E-state index contributed by atoms with van der Waals surface area (Å²) in [6.07, 6.45) is 1.99. The van der Waals surface area contributed by atoms with Gasteiger partial charge in [-0.05, 0) is 40.5 Å². The number of carbonyl (C=O) groups is 1. The number of rotatable bonds is 7. The maximum absolute atomic E-state index is 12.2. The Morgan fingerprint density at radius 3 is 2.62 bits per heavy atom. The van der Waals surface area contributed by atoms with Crippen molar-refractivity contribution in [3.8, 4) is 0 Å². The molecule has 6 nitrogen and oxygen atoms in total. The summed E-state index contributed by atoms with van der Waals surface area (Å²) in [5, 5.41) is 8.79. The first-order valence-corrected chi connectivity index (χ1v) is 9.89. The second-order valence-electron chi connectivity index (χ2n) is 4.45. The third-order valence-corrected chi connectivity index (χ3v) is 6.70. The smallest absolute Gasteiger partial charge is 0.335 e. The first kappa shape index (κ1) is 18.3. The minimum absolute atomic E-state index is 0.110. The molecular weight excluding hydrogens is 382 g/mol. The van der Waals surface area contributed by atoms with E-state index in [2.05, 4.69) is 20.7 Å². The summed E-state index contributed by atoms with van der Waals surface area (Å²) < 4.78 is 38.2. The number of nitrogens with one attached hydrogen (secondary N) is 1. The van der Waals surface area contributed by atoms with Crippen LogP contribution < -0.4 is 4.72 Å². The van der Waals surface area contributed by atoms with Gasteiger partial charge < -0.3 is 5.11 Å². The highest BCUT2D eigenvalue weighted by atomic mass is 79.9. The minimum Gasteiger partial charge on any atom is -0.478 e. The van der Waals surface area contributed by atoms with Crippen LogP contribution in [0.3, 0.4) is 0 Å². The number of benzene rings is 1. The zero-order chi connectivity index (χ0) is 16.2. The molecule has 0 amide bonds. The average molecular weight is 398 g/mol. The summed E-state index contributed by atoms with van der Waals surface area (Å²) in [5.74, 6) is -1.20. The zero-order valence-electron chi connectivity index (χ0n) is 11.5. The molecule has 2 N–H and O–H groups in total. The maximum atomic E-state index is 12.2. The van der Waals surface area contributed by atoms with Gasteiger partial charge in [0.2, 0.25) is 10.0 Å². The fourth-order valence-corrected chi connectivity index (χ4v) is 3.97. The number of halogens is 1. The summed E-state index contributed by atoms with van der Waals surface area (Å²) in [6, 6.07) is 3.78. The zero-order valence-corrected chi connectivity index (χ0v) is 14.7. The maximum Gasteiger partial charge on any atom is 0.335 e. The van der Waals surface area contributed by atoms with E-state index in [0.717, 1.165) is 6.07 Å². The van der Waals surface area contributed by atoms with Crippen LogP contribution in [0.15, 0.2) is 27.6 Å². The first-order chi connectivity index (χ1) is 9.65. The molecule has 0 radical (unpaired) electrons. The fourth-order valence-electron chi connectivity index (χ4n) is 1.48. The van der Waals surface area contributed by atoms with Crippen LogP contribution in [0.4, 0.5) is 0 Å². The predicted molar refractivity (Wildman–Crippen MR) is 84.4 cm³/mol. The van der Waals surface area contributed by atoms with E-state index in [0.29, 0.717) is 6.42 Å². The molecule has 0 saturated carbocycles. The Bertz CT molecular complexity index is 660.